The first-order valence-corrected chi connectivity index (χ1v) is 43.2. The zero-order valence-electron chi connectivity index (χ0n) is 75.6. The highest BCUT2D eigenvalue weighted by Crippen LogP contribution is 2.48. The maximum Gasteiger partial charge on any atom is 0.150 e. The van der Waals surface area contributed by atoms with Gasteiger partial charge in [0.2, 0.25) is 0 Å². The van der Waals surface area contributed by atoms with E-state index in [1.54, 1.807) is 0 Å². The Balaban J connectivity index is 0.981. The summed E-state index contributed by atoms with van der Waals surface area (Å²) in [6.07, 6.45) is 18.5. The molecule has 0 unspecified atom stereocenters. The lowest BCUT2D eigenvalue weighted by Gasteiger charge is -2.26. The van der Waals surface area contributed by atoms with Crippen LogP contribution in [0, 0.1) is 41.5 Å². The first-order valence-electron chi connectivity index (χ1n) is 43.2. The van der Waals surface area contributed by atoms with Gasteiger partial charge in [-0.15, -0.1) is 0 Å². The van der Waals surface area contributed by atoms with Crippen LogP contribution in [0.4, 0.5) is 0 Å². The Morgan fingerprint density at radius 2 is 0.393 bits per heavy atom. The third-order valence-electron chi connectivity index (χ3n) is 25.0. The third-order valence-corrected chi connectivity index (χ3v) is 25.0. The summed E-state index contributed by atoms with van der Waals surface area (Å²) in [7, 11) is 0. The van der Waals surface area contributed by atoms with Crippen molar-refractivity contribution in [1.29, 1.82) is 0 Å². The average Bonchev–Trinajstić information content (AvgIpc) is 1.59. The van der Waals surface area contributed by atoms with Gasteiger partial charge in [0.1, 0.15) is 6.29 Å². The van der Waals surface area contributed by atoms with Crippen LogP contribution in [0.3, 0.4) is 0 Å². The molecule has 0 spiro atoms. The summed E-state index contributed by atoms with van der Waals surface area (Å²) < 4.78 is 0. The molecule has 0 atom stereocenters. The quantitative estimate of drug-likeness (QED) is 0.107. The van der Waals surface area contributed by atoms with Crippen LogP contribution in [0.2, 0.25) is 0 Å². The van der Waals surface area contributed by atoms with Crippen molar-refractivity contribution in [2.75, 3.05) is 0 Å². The van der Waals surface area contributed by atoms with Gasteiger partial charge in [-0.3, -0.25) is 4.79 Å². The molecule has 612 valence electrons. The fourth-order valence-corrected chi connectivity index (χ4v) is 18.4. The van der Waals surface area contributed by atoms with Crippen molar-refractivity contribution >= 4 is 99.0 Å². The molecule has 9 nitrogen and oxygen atoms in total. The summed E-state index contributed by atoms with van der Waals surface area (Å²) in [5, 5.41) is 0. The number of rotatable bonds is 9. The predicted molar refractivity (Wildman–Crippen MR) is 521 cm³/mol. The zero-order chi connectivity index (χ0) is 86.5. The molecule has 17 rings (SSSR count). The van der Waals surface area contributed by atoms with E-state index < -0.39 is 0 Å². The van der Waals surface area contributed by atoms with Gasteiger partial charge in [0.05, 0.1) is 45.6 Å². The third kappa shape index (κ3) is 15.4. The van der Waals surface area contributed by atoms with E-state index in [1.807, 2.05) is 24.3 Å². The van der Waals surface area contributed by atoms with Gasteiger partial charge < -0.3 is 19.9 Å². The minimum atomic E-state index is -0.171. The second-order valence-electron chi connectivity index (χ2n) is 40.8. The van der Waals surface area contributed by atoms with E-state index in [2.05, 4.69) is 386 Å². The van der Waals surface area contributed by atoms with Gasteiger partial charge in [0, 0.05) is 94.2 Å². The molecule has 0 aliphatic carbocycles. The van der Waals surface area contributed by atoms with E-state index in [-0.39, 0.29) is 32.5 Å². The number of aromatic amines is 4. The molecule has 4 aliphatic rings. The Morgan fingerprint density at radius 3 is 0.590 bits per heavy atom. The molecule has 13 aromatic rings. The molecule has 4 N–H and O–H groups in total. The molecule has 9 heteroatoms. The predicted octanol–water partition coefficient (Wildman–Crippen LogP) is 30.4. The standard InChI is InChI=1S/C113H114N8O/c1-63-49-65(3)98(66(4)50-63)106-94-45-41-84(118-94)100(70-27-25-69(62-122)26-28-70)85-42-46-95(119-85)107(99-67(5)51-64(2)52-68(99)6)97-48-44-87(121-97)102(86-43-47-96(106)120-86)72-31-29-71(30-32-72)101-82-33-35-88(114-82)103(73-53-76(108(7,8)9)59-77(54-73)109(10,11)12)90-37-39-92(116-90)105(75-57-80(112(19,20)21)61-81(58-75)113(22,23)24)93-40-38-91(117-93)104(89-36-34-83(101)115-89)74-55-78(110(13,14)15)60-79(56-74)111(16,17)18/h25-62,114,117-118,121H,1-24H3. The lowest BCUT2D eigenvalue weighted by atomic mass is 9.78. The number of hydrogen-bond donors (Lipinski definition) is 4. The lowest BCUT2D eigenvalue weighted by Crippen LogP contribution is -2.16. The number of hydrogen-bond acceptors (Lipinski definition) is 5. The van der Waals surface area contributed by atoms with E-state index in [4.69, 9.17) is 19.9 Å². The number of carbonyl (C=O) groups excluding carboxylic acids is 1. The second-order valence-corrected chi connectivity index (χ2v) is 40.8. The highest BCUT2D eigenvalue weighted by atomic mass is 16.1. The second kappa shape index (κ2) is 29.9. The summed E-state index contributed by atoms with van der Waals surface area (Å²) in [6.45, 7) is 54.9. The fraction of sp³-hybridized carbons (Fsp3) is 0.265. The normalized spacial score (nSPS) is 13.1. The largest absolute Gasteiger partial charge is 0.354 e. The van der Waals surface area contributed by atoms with E-state index in [0.717, 1.165) is 207 Å². The van der Waals surface area contributed by atoms with E-state index >= 15 is 0 Å². The van der Waals surface area contributed by atoms with Crippen LogP contribution < -0.4 is 0 Å². The summed E-state index contributed by atoms with van der Waals surface area (Å²) >= 11 is 0. The number of nitrogens with zero attached hydrogens (tertiary/aromatic N) is 4. The molecule has 10 heterocycles. The van der Waals surface area contributed by atoms with Gasteiger partial charge in [-0.1, -0.05) is 263 Å². The molecule has 122 heavy (non-hydrogen) atoms. The topological polar surface area (TPSA) is 132 Å². The highest BCUT2D eigenvalue weighted by Gasteiger charge is 2.31. The molecule has 4 aliphatic heterocycles. The van der Waals surface area contributed by atoms with E-state index in [9.17, 15) is 4.79 Å². The van der Waals surface area contributed by atoms with Crippen LogP contribution in [0.15, 0.2) is 176 Å². The van der Waals surface area contributed by atoms with Crippen molar-refractivity contribution in [3.8, 4) is 89.0 Å². The van der Waals surface area contributed by atoms with Crippen molar-refractivity contribution in [1.82, 2.24) is 39.9 Å². The Morgan fingerprint density at radius 1 is 0.213 bits per heavy atom. The Bertz CT molecular complexity index is 6770. The number of aryl methyl sites for hydroxylation is 6. The minimum Gasteiger partial charge on any atom is -0.354 e. The van der Waals surface area contributed by atoms with Gasteiger partial charge in [0.15, 0.2) is 0 Å². The summed E-state index contributed by atoms with van der Waals surface area (Å²) in [6, 6.07) is 65.5. The van der Waals surface area contributed by atoms with Crippen molar-refractivity contribution in [2.24, 2.45) is 0 Å². The van der Waals surface area contributed by atoms with Crippen LogP contribution in [0.5, 0.6) is 0 Å². The highest BCUT2D eigenvalue weighted by molar-refractivity contribution is 6.05. The Kier molecular flexibility index (Phi) is 20.1. The molecular formula is C113H114N8O. The first-order chi connectivity index (χ1) is 57.6. The average molecular weight is 1600 g/mol. The maximum absolute atomic E-state index is 12.2. The monoisotopic (exact) mass is 1600 g/mol. The summed E-state index contributed by atoms with van der Waals surface area (Å²) in [4.78, 5) is 52.1. The SMILES string of the molecule is Cc1cc(C)c(-c2c3nc(c(-c4ccc(-c5c6nc(c(-c7cc(C(C)(C)C)cc(C(C)(C)C)c7)c7ccc([nH]7)c(-c7cc(C(C)(C)C)cc(C(C)(C)C)c7)c7nc(c(-c8cc(C(C)(C)C)cc(C(C)(C)C)c8)c8ccc5[nH]8)C=C7)C=C6)cc4)c4ccc([nH]4)c(-c4c(C)cc(C)cc4C)c4nc(c(-c5ccc(C=O)cc5)c5ccc2[nH]5)C=C4)C=C3)c(C)c1. The van der Waals surface area contributed by atoms with Crippen molar-refractivity contribution in [3.05, 3.63) is 294 Å². The number of aldehydes is 1. The van der Waals surface area contributed by atoms with Crippen molar-refractivity contribution < 1.29 is 4.79 Å². The zero-order valence-corrected chi connectivity index (χ0v) is 75.6. The maximum atomic E-state index is 12.2. The van der Waals surface area contributed by atoms with Crippen LogP contribution in [0.1, 0.15) is 247 Å². The van der Waals surface area contributed by atoms with Crippen LogP contribution in [0.25, 0.3) is 182 Å². The van der Waals surface area contributed by atoms with Gasteiger partial charge in [-0.25, -0.2) is 19.9 Å². The van der Waals surface area contributed by atoms with Crippen molar-refractivity contribution in [3.63, 3.8) is 0 Å². The Hall–Kier alpha value is -12.6. The summed E-state index contributed by atoms with van der Waals surface area (Å²) in [5.41, 5.74) is 44.4. The molecule has 0 radical (unpaired) electrons. The van der Waals surface area contributed by atoms with Gasteiger partial charge in [-0.05, 0) is 271 Å². The number of aromatic nitrogens is 8. The molecule has 16 bridgehead atoms. The lowest BCUT2D eigenvalue weighted by molar-refractivity contribution is 0.112. The van der Waals surface area contributed by atoms with Crippen LogP contribution >= 0.6 is 0 Å². The molecule has 0 saturated heterocycles. The van der Waals surface area contributed by atoms with Gasteiger partial charge in [0.25, 0.3) is 0 Å². The van der Waals surface area contributed by atoms with E-state index in [1.165, 1.54) is 44.5 Å². The number of fused-ring (bicyclic) bond motifs is 16. The molecular weight excluding hydrogens is 1490 g/mol. The van der Waals surface area contributed by atoms with Crippen molar-refractivity contribution in [2.45, 2.75) is 199 Å². The van der Waals surface area contributed by atoms with Crippen LogP contribution in [-0.2, 0) is 32.5 Å². The number of benzene rings is 7. The first kappa shape index (κ1) is 81.8. The molecule has 0 saturated carbocycles. The molecule has 7 aromatic carbocycles. The number of nitrogens with one attached hydrogen (secondary N) is 4. The van der Waals surface area contributed by atoms with Gasteiger partial charge in [-0.2, -0.15) is 0 Å². The number of H-pyrrole nitrogens is 4. The van der Waals surface area contributed by atoms with E-state index in [0.29, 0.717) is 5.56 Å². The molecule has 0 fully saturated rings. The summed E-state index contributed by atoms with van der Waals surface area (Å²) in [5.74, 6) is 0. The minimum absolute atomic E-state index is 0.150. The van der Waals surface area contributed by atoms with Crippen LogP contribution in [-0.4, -0.2) is 46.2 Å². The smallest absolute Gasteiger partial charge is 0.150 e. The number of carbonyl (C=O) groups is 1. The Labute approximate surface area is 720 Å². The van der Waals surface area contributed by atoms with Gasteiger partial charge >= 0.3 is 0 Å². The molecule has 6 aromatic heterocycles. The molecule has 0 amide bonds. The fourth-order valence-electron chi connectivity index (χ4n) is 18.4.